The lowest BCUT2D eigenvalue weighted by atomic mass is 11.8. The minimum absolute atomic E-state index is 0. The average Bonchev–Trinajstić information content (AvgIpc) is 1.36. The Kier molecular flexibility index (Phi) is 8.48. The molecular weight excluding hydrogens is 174 g/mol. The molecule has 0 aromatic carbocycles. The van der Waals surface area contributed by atoms with Crippen molar-refractivity contribution >= 4 is 34.1 Å². The van der Waals surface area contributed by atoms with Crippen LogP contribution in [0.25, 0.3) is 0 Å². The summed E-state index contributed by atoms with van der Waals surface area (Å²) < 4.78 is -0.176. The predicted molar refractivity (Wildman–Crippen MR) is 34.7 cm³/mol. The second kappa shape index (κ2) is 5.36. The third-order valence-electron chi connectivity index (χ3n) is 0.356. The second-order valence-electron chi connectivity index (χ2n) is 1.14. The molecule has 7 heavy (non-hydrogen) atoms. The van der Waals surface area contributed by atoms with E-state index in [1.165, 1.54) is 0 Å². The standard InChI is InChI=1S/C3H7Cl2S.ClH/c1-6(2)3(4)5;/h3H,1-2H3;1H/q+1;/p-1. The maximum absolute atomic E-state index is 5.39. The Morgan fingerprint density at radius 2 is 1.43 bits per heavy atom. The van der Waals surface area contributed by atoms with Crippen molar-refractivity contribution in [2.75, 3.05) is 12.5 Å². The largest absolute Gasteiger partial charge is 1.00 e. The highest BCUT2D eigenvalue weighted by molar-refractivity contribution is 7.98. The van der Waals surface area contributed by atoms with Gasteiger partial charge < -0.3 is 12.4 Å². The molecule has 0 N–H and O–H groups in total. The molecule has 0 amide bonds. The maximum Gasteiger partial charge on any atom is 0.265 e. The first-order chi connectivity index (χ1) is 2.64. The van der Waals surface area contributed by atoms with Crippen LogP contribution >= 0.6 is 23.2 Å². The molecule has 0 fully saturated rings. The smallest absolute Gasteiger partial charge is 0.265 e. The van der Waals surface area contributed by atoms with Crippen molar-refractivity contribution < 1.29 is 12.4 Å². The molecule has 0 bridgehead atoms. The van der Waals surface area contributed by atoms with Gasteiger partial charge >= 0.3 is 0 Å². The van der Waals surface area contributed by atoms with Gasteiger partial charge in [-0.2, -0.15) is 0 Å². The Labute approximate surface area is 63.3 Å². The van der Waals surface area contributed by atoms with Crippen LogP contribution in [0.3, 0.4) is 0 Å². The molecule has 0 aliphatic heterocycles. The zero-order valence-electron chi connectivity index (χ0n) is 4.12. The Balaban J connectivity index is 0. The van der Waals surface area contributed by atoms with Crippen molar-refractivity contribution in [3.05, 3.63) is 0 Å². The lowest BCUT2D eigenvalue weighted by Gasteiger charge is -1.90. The van der Waals surface area contributed by atoms with E-state index in [2.05, 4.69) is 0 Å². The Hall–Kier alpha value is 1.22. The van der Waals surface area contributed by atoms with Crippen molar-refractivity contribution in [2.45, 2.75) is 4.17 Å². The summed E-state index contributed by atoms with van der Waals surface area (Å²) in [5.74, 6) is 0. The van der Waals surface area contributed by atoms with E-state index in [4.69, 9.17) is 23.2 Å². The Morgan fingerprint density at radius 1 is 1.29 bits per heavy atom. The normalized spacial score (nSPS) is 9.43. The molecule has 0 spiro atoms. The first-order valence-corrected chi connectivity index (χ1v) is 4.47. The minimum atomic E-state index is -0.176. The van der Waals surface area contributed by atoms with Crippen molar-refractivity contribution in [1.82, 2.24) is 0 Å². The fraction of sp³-hybridized carbons (Fsp3) is 1.00. The van der Waals surface area contributed by atoms with Crippen LogP contribution in [0.2, 0.25) is 0 Å². The topological polar surface area (TPSA) is 0 Å². The zero-order valence-corrected chi connectivity index (χ0v) is 7.20. The average molecular weight is 182 g/mol. The number of halogens is 3. The Morgan fingerprint density at radius 3 is 1.43 bits per heavy atom. The summed E-state index contributed by atoms with van der Waals surface area (Å²) in [4.78, 5) is 0. The van der Waals surface area contributed by atoms with Gasteiger partial charge in [-0.3, -0.25) is 0 Å². The molecule has 0 nitrogen and oxygen atoms in total. The minimum Gasteiger partial charge on any atom is -1.00 e. The number of hydrogen-bond donors (Lipinski definition) is 0. The molecule has 0 unspecified atom stereocenters. The van der Waals surface area contributed by atoms with Gasteiger partial charge in [0.2, 0.25) is 0 Å². The predicted octanol–water partition coefficient (Wildman–Crippen LogP) is -1.37. The summed E-state index contributed by atoms with van der Waals surface area (Å²) in [6.07, 6.45) is 4.01. The van der Waals surface area contributed by atoms with E-state index in [9.17, 15) is 0 Å². The van der Waals surface area contributed by atoms with Crippen LogP contribution in [-0.2, 0) is 10.9 Å². The fourth-order valence-corrected chi connectivity index (χ4v) is 0. The molecule has 0 aromatic heterocycles. The summed E-state index contributed by atoms with van der Waals surface area (Å²) in [5.41, 5.74) is 0. The van der Waals surface area contributed by atoms with Crippen LogP contribution < -0.4 is 12.4 Å². The lowest BCUT2D eigenvalue weighted by molar-refractivity contribution is -0.00000125. The van der Waals surface area contributed by atoms with Gasteiger partial charge in [-0.1, -0.05) is 0 Å². The van der Waals surface area contributed by atoms with Crippen molar-refractivity contribution in [2.24, 2.45) is 0 Å². The molecule has 46 valence electrons. The molecule has 0 rings (SSSR count). The third kappa shape index (κ3) is 7.22. The molecule has 0 radical (unpaired) electrons. The van der Waals surface area contributed by atoms with E-state index >= 15 is 0 Å². The molecule has 0 atom stereocenters. The highest BCUT2D eigenvalue weighted by Gasteiger charge is 2.11. The summed E-state index contributed by atoms with van der Waals surface area (Å²) in [6, 6.07) is 0. The fourth-order valence-electron chi connectivity index (χ4n) is 0. The monoisotopic (exact) mass is 180 g/mol. The molecule has 0 saturated carbocycles. The molecule has 0 aliphatic rings. The van der Waals surface area contributed by atoms with E-state index in [1.807, 2.05) is 12.5 Å². The van der Waals surface area contributed by atoms with Gasteiger partial charge in [0, 0.05) is 10.9 Å². The van der Waals surface area contributed by atoms with Crippen LogP contribution in [-0.4, -0.2) is 16.7 Å². The van der Waals surface area contributed by atoms with Crippen LogP contribution in [0.1, 0.15) is 0 Å². The van der Waals surface area contributed by atoms with E-state index < -0.39 is 0 Å². The van der Waals surface area contributed by atoms with E-state index in [1.54, 1.807) is 0 Å². The highest BCUT2D eigenvalue weighted by atomic mass is 35.5. The van der Waals surface area contributed by atoms with E-state index in [-0.39, 0.29) is 27.5 Å². The van der Waals surface area contributed by atoms with Crippen molar-refractivity contribution in [3.8, 4) is 0 Å². The Bertz CT molecular complexity index is 31.2. The van der Waals surface area contributed by atoms with Gasteiger partial charge in [0.25, 0.3) is 4.17 Å². The molecule has 0 heterocycles. The van der Waals surface area contributed by atoms with Gasteiger partial charge in [-0.05, 0) is 23.2 Å². The first kappa shape index (κ1) is 11.1. The van der Waals surface area contributed by atoms with Crippen molar-refractivity contribution in [3.63, 3.8) is 0 Å². The second-order valence-corrected chi connectivity index (χ2v) is 4.98. The van der Waals surface area contributed by atoms with E-state index in [0.717, 1.165) is 0 Å². The van der Waals surface area contributed by atoms with Crippen LogP contribution in [0, 0.1) is 0 Å². The highest BCUT2D eigenvalue weighted by Crippen LogP contribution is 2.08. The number of rotatable bonds is 1. The number of hydrogen-bond acceptors (Lipinski definition) is 0. The molecule has 0 aromatic rings. The van der Waals surface area contributed by atoms with Gasteiger partial charge in [-0.25, -0.2) is 0 Å². The van der Waals surface area contributed by atoms with Crippen molar-refractivity contribution in [1.29, 1.82) is 0 Å². The third-order valence-corrected chi connectivity index (χ3v) is 3.21. The summed E-state index contributed by atoms with van der Waals surface area (Å²) in [7, 11) is 0.164. The van der Waals surface area contributed by atoms with Gasteiger partial charge in [0.15, 0.2) is 0 Å². The summed E-state index contributed by atoms with van der Waals surface area (Å²) in [6.45, 7) is 0. The van der Waals surface area contributed by atoms with Gasteiger partial charge in [0.05, 0.1) is 12.5 Å². The van der Waals surface area contributed by atoms with Crippen LogP contribution in [0.5, 0.6) is 0 Å². The summed E-state index contributed by atoms with van der Waals surface area (Å²) in [5, 5.41) is 0. The number of alkyl halides is 2. The maximum atomic E-state index is 5.39. The summed E-state index contributed by atoms with van der Waals surface area (Å²) >= 11 is 10.8. The van der Waals surface area contributed by atoms with Gasteiger partial charge in [-0.15, -0.1) is 0 Å². The molecular formula is C3H7Cl3S. The quantitative estimate of drug-likeness (QED) is 0.346. The molecule has 0 saturated heterocycles. The van der Waals surface area contributed by atoms with Crippen LogP contribution in [0.15, 0.2) is 0 Å². The van der Waals surface area contributed by atoms with Crippen LogP contribution in [0.4, 0.5) is 0 Å². The van der Waals surface area contributed by atoms with E-state index in [0.29, 0.717) is 0 Å². The zero-order chi connectivity index (χ0) is 5.15. The first-order valence-electron chi connectivity index (χ1n) is 1.49. The SMILES string of the molecule is C[S+](C)C(Cl)Cl.[Cl-]. The molecule has 0 aliphatic carbocycles. The lowest BCUT2D eigenvalue weighted by Crippen LogP contribution is -3.00. The molecule has 4 heteroatoms. The van der Waals surface area contributed by atoms with Gasteiger partial charge in [0.1, 0.15) is 0 Å².